The summed E-state index contributed by atoms with van der Waals surface area (Å²) in [6.45, 7) is 2.57. The van der Waals surface area contributed by atoms with Gasteiger partial charge in [-0.15, -0.1) is 0 Å². The predicted molar refractivity (Wildman–Crippen MR) is 236 cm³/mol. The van der Waals surface area contributed by atoms with E-state index in [4.69, 9.17) is 26.8 Å². The van der Waals surface area contributed by atoms with Crippen LogP contribution in [0.15, 0.2) is 121 Å². The second kappa shape index (κ2) is 20.5. The third-order valence-corrected chi connectivity index (χ3v) is 11.8. The van der Waals surface area contributed by atoms with Crippen LogP contribution in [0, 0.1) is 0 Å². The number of carbonyl (C=O) groups is 2. The molecule has 5 aromatic carbocycles. The first-order valence-corrected chi connectivity index (χ1v) is 21.3. The molecule has 5 aromatic rings. The summed E-state index contributed by atoms with van der Waals surface area (Å²) in [7, 11) is 0. The van der Waals surface area contributed by atoms with Gasteiger partial charge in [0.15, 0.2) is 6.29 Å². The molecular weight excluding hydrogens is 776 g/mol. The average molecular weight is 831 g/mol. The molecule has 0 bridgehead atoms. The lowest BCUT2D eigenvalue weighted by atomic mass is 9.84. The van der Waals surface area contributed by atoms with Gasteiger partial charge in [-0.05, 0) is 95.5 Å². The maximum atomic E-state index is 12.7. The number of unbranched alkanes of at least 4 members (excludes halogenated alkanes) is 2. The van der Waals surface area contributed by atoms with Crippen LogP contribution in [-0.2, 0) is 37.8 Å². The van der Waals surface area contributed by atoms with Gasteiger partial charge in [0.25, 0.3) is 0 Å². The zero-order valence-corrected chi connectivity index (χ0v) is 34.7. The van der Waals surface area contributed by atoms with Gasteiger partial charge in [0, 0.05) is 56.0 Å². The number of ether oxygens (including phenoxy) is 2. The van der Waals surface area contributed by atoms with Crippen LogP contribution in [0.2, 0.25) is 5.02 Å². The number of rotatable bonds is 16. The molecule has 0 spiro atoms. The zero-order chi connectivity index (χ0) is 41.9. The number of nitrogens with two attached hydrogens (primary N) is 1. The Bertz CT molecular complexity index is 2190. The fraction of sp³-hybridized carbons (Fsp3) is 0.347. The molecule has 60 heavy (non-hydrogen) atoms. The van der Waals surface area contributed by atoms with Crippen molar-refractivity contribution in [1.29, 1.82) is 0 Å². The second-order valence-electron chi connectivity index (χ2n) is 16.0. The number of carbonyl (C=O) groups excluding carboxylic acids is 2. The largest absolute Gasteiger partial charge is 0.397 e. The number of halogens is 1. The Kier molecular flexibility index (Phi) is 14.7. The number of amides is 2. The van der Waals surface area contributed by atoms with Crippen LogP contribution in [0.5, 0.6) is 0 Å². The van der Waals surface area contributed by atoms with Gasteiger partial charge in [0.2, 0.25) is 11.8 Å². The van der Waals surface area contributed by atoms with Gasteiger partial charge in [-0.2, -0.15) is 0 Å². The number of aliphatic hydroxyl groups excluding tert-OH is 1. The lowest BCUT2D eigenvalue weighted by Gasteiger charge is -2.42. The first kappa shape index (κ1) is 43.0. The minimum atomic E-state index is -0.887. The van der Waals surface area contributed by atoms with Crippen molar-refractivity contribution in [3.05, 3.63) is 154 Å². The fourth-order valence-corrected chi connectivity index (χ4v) is 8.19. The maximum Gasteiger partial charge on any atom is 0.224 e. The van der Waals surface area contributed by atoms with Crippen molar-refractivity contribution in [3.63, 3.8) is 0 Å². The van der Waals surface area contributed by atoms with Crippen LogP contribution in [0.25, 0.3) is 11.1 Å². The second-order valence-corrected chi connectivity index (χ2v) is 16.4. The lowest BCUT2D eigenvalue weighted by Crippen LogP contribution is -2.46. The Morgan fingerprint density at radius 2 is 1.47 bits per heavy atom. The Morgan fingerprint density at radius 1 is 0.767 bits per heavy atom. The number of anilines is 2. The van der Waals surface area contributed by atoms with Crippen molar-refractivity contribution in [2.24, 2.45) is 0 Å². The van der Waals surface area contributed by atoms with Crippen molar-refractivity contribution < 1.29 is 29.3 Å². The number of nitrogen functional groups attached to an aromatic ring is 1. The summed E-state index contributed by atoms with van der Waals surface area (Å²) >= 11 is 6.12. The van der Waals surface area contributed by atoms with Crippen LogP contribution in [-0.4, -0.2) is 52.7 Å². The summed E-state index contributed by atoms with van der Waals surface area (Å²) in [6, 6.07) is 39.0. The molecule has 2 aliphatic heterocycles. The molecule has 0 saturated carbocycles. The highest BCUT2D eigenvalue weighted by Gasteiger charge is 2.37. The van der Waals surface area contributed by atoms with E-state index in [1.54, 1.807) is 12.1 Å². The van der Waals surface area contributed by atoms with E-state index in [-0.39, 0.29) is 30.6 Å². The number of para-hydroxylation sites is 2. The Hall–Kier alpha value is -5.07. The monoisotopic (exact) mass is 830 g/mol. The van der Waals surface area contributed by atoms with E-state index in [1.807, 2.05) is 84.9 Å². The SMILES string of the molecule is Nc1ccccc1NC(=O)CCCCCC(=O)NCc1cccc(-c2cccc([C@@H]3O[C@H](CN4CCC(O)(c5ccc(Cl)cc5)CC4)C[C@H](c4ccc(CO)cc4)O3)c2)c1. The van der Waals surface area contributed by atoms with Gasteiger partial charge in [-0.25, -0.2) is 0 Å². The summed E-state index contributed by atoms with van der Waals surface area (Å²) in [4.78, 5) is 27.4. The summed E-state index contributed by atoms with van der Waals surface area (Å²) < 4.78 is 13.4. The van der Waals surface area contributed by atoms with Crippen molar-refractivity contribution in [3.8, 4) is 11.1 Å². The molecule has 0 unspecified atom stereocenters. The number of nitrogens with zero attached hydrogens (tertiary/aromatic N) is 1. The summed E-state index contributed by atoms with van der Waals surface area (Å²) in [5.41, 5.74) is 12.9. The van der Waals surface area contributed by atoms with Gasteiger partial charge in [-0.3, -0.25) is 9.59 Å². The van der Waals surface area contributed by atoms with Gasteiger partial charge in [0.1, 0.15) is 0 Å². The molecular formula is C49H55ClN4O6. The highest BCUT2D eigenvalue weighted by Crippen LogP contribution is 2.40. The molecule has 2 saturated heterocycles. The van der Waals surface area contributed by atoms with E-state index in [0.29, 0.717) is 74.4 Å². The summed E-state index contributed by atoms with van der Waals surface area (Å²) in [5, 5.41) is 27.7. The molecule has 6 N–H and O–H groups in total. The first-order chi connectivity index (χ1) is 29.1. The molecule has 2 amide bonds. The van der Waals surface area contributed by atoms with Crippen molar-refractivity contribution in [1.82, 2.24) is 10.2 Å². The molecule has 10 nitrogen and oxygen atoms in total. The number of nitrogens with one attached hydrogen (secondary N) is 2. The highest BCUT2D eigenvalue weighted by molar-refractivity contribution is 6.30. The highest BCUT2D eigenvalue weighted by atomic mass is 35.5. The average Bonchev–Trinajstić information content (AvgIpc) is 3.27. The number of likely N-dealkylation sites (tertiary alicyclic amines) is 1. The number of aliphatic hydroxyl groups is 2. The van der Waals surface area contributed by atoms with E-state index >= 15 is 0 Å². The normalized spacial score (nSPS) is 19.1. The van der Waals surface area contributed by atoms with Gasteiger partial charge < -0.3 is 41.0 Å². The Labute approximate surface area is 357 Å². The van der Waals surface area contributed by atoms with Crippen LogP contribution in [0.1, 0.15) is 91.6 Å². The topological polar surface area (TPSA) is 146 Å². The molecule has 7 rings (SSSR count). The number of benzene rings is 5. The molecule has 3 atom stereocenters. The van der Waals surface area contributed by atoms with Crippen LogP contribution < -0.4 is 16.4 Å². The lowest BCUT2D eigenvalue weighted by molar-refractivity contribution is -0.253. The first-order valence-electron chi connectivity index (χ1n) is 21.0. The number of hydrogen-bond donors (Lipinski definition) is 5. The molecule has 0 radical (unpaired) electrons. The molecule has 2 fully saturated rings. The standard InChI is InChI=1S/C49H55ClN4O6/c50-41-22-20-40(21-23-41)49(58)24-26-54(27-25-49)32-42-30-45(36-18-16-34(33-55)17-19-36)60-48(59-42)39-11-7-10-38(29-39)37-9-6-8-35(28-37)31-52-46(56)14-2-1-3-15-47(57)53-44-13-5-4-12-43(44)51/h4-13,16-23,28-29,42,45,48,55,58H,1-3,14-15,24-27,30-33,51H2,(H,52,56)(H,53,57)/t42-,45+,48+/m0/s1. The van der Waals surface area contributed by atoms with Gasteiger partial charge in [0.05, 0.1) is 35.8 Å². The summed E-state index contributed by atoms with van der Waals surface area (Å²) in [6.07, 6.45) is 3.89. The van der Waals surface area contributed by atoms with Crippen molar-refractivity contribution >= 4 is 34.8 Å². The fourth-order valence-electron chi connectivity index (χ4n) is 8.06. The van der Waals surface area contributed by atoms with Gasteiger partial charge >= 0.3 is 0 Å². The quantitative estimate of drug-likeness (QED) is 0.0490. The predicted octanol–water partition coefficient (Wildman–Crippen LogP) is 8.82. The van der Waals surface area contributed by atoms with E-state index in [0.717, 1.165) is 58.5 Å². The maximum absolute atomic E-state index is 12.7. The molecule has 2 aliphatic rings. The molecule has 0 aromatic heterocycles. The van der Waals surface area contributed by atoms with E-state index in [1.165, 1.54) is 0 Å². The molecule has 11 heteroatoms. The van der Waals surface area contributed by atoms with E-state index in [2.05, 4.69) is 39.8 Å². The third kappa shape index (κ3) is 11.6. The number of piperidine rings is 1. The number of hydrogen-bond acceptors (Lipinski definition) is 8. The minimum Gasteiger partial charge on any atom is -0.397 e. The van der Waals surface area contributed by atoms with E-state index < -0.39 is 11.9 Å². The van der Waals surface area contributed by atoms with Crippen LogP contribution in [0.4, 0.5) is 11.4 Å². The van der Waals surface area contributed by atoms with Gasteiger partial charge in [-0.1, -0.05) is 103 Å². The third-order valence-electron chi connectivity index (χ3n) is 11.6. The Morgan fingerprint density at radius 3 is 2.20 bits per heavy atom. The van der Waals surface area contributed by atoms with E-state index in [9.17, 15) is 19.8 Å². The molecule has 0 aliphatic carbocycles. The summed E-state index contributed by atoms with van der Waals surface area (Å²) in [5.74, 6) is -0.104. The zero-order valence-electron chi connectivity index (χ0n) is 33.9. The molecule has 2 heterocycles. The van der Waals surface area contributed by atoms with Crippen molar-refractivity contribution in [2.75, 3.05) is 30.7 Å². The van der Waals surface area contributed by atoms with Crippen LogP contribution >= 0.6 is 11.6 Å². The molecule has 314 valence electrons. The van der Waals surface area contributed by atoms with Crippen LogP contribution in [0.3, 0.4) is 0 Å². The minimum absolute atomic E-state index is 0.0204. The smallest absolute Gasteiger partial charge is 0.224 e. The Balaban J connectivity index is 0.942. The van der Waals surface area contributed by atoms with Crippen molar-refractivity contribution in [2.45, 2.75) is 88.6 Å².